The van der Waals surface area contributed by atoms with Gasteiger partial charge < -0.3 is 14.8 Å². The molecule has 21 heavy (non-hydrogen) atoms. The van der Waals surface area contributed by atoms with Gasteiger partial charge in [-0.25, -0.2) is 22.0 Å². The first kappa shape index (κ1) is 18.0. The molecule has 0 saturated carbocycles. The standard InChI is InChI=1S/C11H13F5NO3P/c1-3-19-21(18,20-4-2)11(17)5-6(12)8(14)10(16)9(15)7(5)13/h11H,3-4,17H2,1-2H3/t11-/m0/s1. The van der Waals surface area contributed by atoms with Crippen LogP contribution in [0.1, 0.15) is 25.2 Å². The summed E-state index contributed by atoms with van der Waals surface area (Å²) >= 11 is 0. The molecule has 1 atom stereocenters. The van der Waals surface area contributed by atoms with Gasteiger partial charge in [-0.3, -0.25) is 4.57 Å². The minimum Gasteiger partial charge on any atom is -0.314 e. The molecule has 120 valence electrons. The second kappa shape index (κ2) is 6.83. The van der Waals surface area contributed by atoms with E-state index in [1.165, 1.54) is 13.8 Å². The maximum Gasteiger partial charge on any atom is 0.351 e. The normalized spacial score (nSPS) is 13.5. The van der Waals surface area contributed by atoms with Crippen molar-refractivity contribution in [3.63, 3.8) is 0 Å². The van der Waals surface area contributed by atoms with Crippen molar-refractivity contribution in [2.45, 2.75) is 19.6 Å². The van der Waals surface area contributed by atoms with Gasteiger partial charge in [0.1, 0.15) is 5.78 Å². The fraction of sp³-hybridized carbons (Fsp3) is 0.455. The summed E-state index contributed by atoms with van der Waals surface area (Å²) in [4.78, 5) is 0. The Kier molecular flexibility index (Phi) is 5.86. The molecule has 2 N–H and O–H groups in total. The molecule has 0 bridgehead atoms. The van der Waals surface area contributed by atoms with Crippen LogP contribution in [0.2, 0.25) is 0 Å². The molecule has 10 heteroatoms. The van der Waals surface area contributed by atoms with Crippen molar-refractivity contribution >= 4 is 7.60 Å². The molecule has 1 aromatic rings. The van der Waals surface area contributed by atoms with Crippen LogP contribution in [0.15, 0.2) is 0 Å². The quantitative estimate of drug-likeness (QED) is 0.374. The van der Waals surface area contributed by atoms with Crippen molar-refractivity contribution in [2.75, 3.05) is 13.2 Å². The first-order valence-corrected chi connectivity index (χ1v) is 7.48. The molecule has 0 aliphatic rings. The molecular formula is C11H13F5NO3P. The first-order chi connectivity index (χ1) is 9.71. The predicted octanol–water partition coefficient (Wildman–Crippen LogP) is 3.61. The lowest BCUT2D eigenvalue weighted by atomic mass is 10.1. The third-order valence-electron chi connectivity index (χ3n) is 2.50. The number of halogens is 5. The van der Waals surface area contributed by atoms with E-state index in [4.69, 9.17) is 14.8 Å². The Bertz CT molecular complexity index is 544. The van der Waals surface area contributed by atoms with Crippen molar-refractivity contribution < 1.29 is 35.6 Å². The van der Waals surface area contributed by atoms with Crippen LogP contribution in [0.3, 0.4) is 0 Å². The fourth-order valence-electron chi connectivity index (χ4n) is 1.60. The fourth-order valence-corrected chi connectivity index (χ4v) is 3.26. The van der Waals surface area contributed by atoms with Gasteiger partial charge in [0.25, 0.3) is 0 Å². The summed E-state index contributed by atoms with van der Waals surface area (Å²) in [6.45, 7) is 2.41. The lowest BCUT2D eigenvalue weighted by Gasteiger charge is -2.24. The largest absolute Gasteiger partial charge is 0.351 e. The molecule has 0 heterocycles. The zero-order valence-corrected chi connectivity index (χ0v) is 12.0. The van der Waals surface area contributed by atoms with Gasteiger partial charge in [0, 0.05) is 0 Å². The molecule has 0 aliphatic heterocycles. The smallest absolute Gasteiger partial charge is 0.314 e. The van der Waals surface area contributed by atoms with Crippen molar-refractivity contribution in [3.8, 4) is 0 Å². The Morgan fingerprint density at radius 1 is 0.905 bits per heavy atom. The molecule has 0 spiro atoms. The lowest BCUT2D eigenvalue weighted by molar-refractivity contribution is 0.210. The molecule has 1 rings (SSSR count). The van der Waals surface area contributed by atoms with Crippen LogP contribution in [0, 0.1) is 29.1 Å². The molecule has 0 radical (unpaired) electrons. The van der Waals surface area contributed by atoms with Crippen LogP contribution in [-0.2, 0) is 13.6 Å². The SMILES string of the molecule is CCOP(=O)(OCC)[C@H](N)c1c(F)c(F)c(F)c(F)c1F. The monoisotopic (exact) mass is 333 g/mol. The van der Waals surface area contributed by atoms with Crippen LogP contribution < -0.4 is 5.73 Å². The van der Waals surface area contributed by atoms with Crippen LogP contribution in [-0.4, -0.2) is 13.2 Å². The molecule has 0 fully saturated rings. The van der Waals surface area contributed by atoms with Crippen molar-refractivity contribution in [3.05, 3.63) is 34.6 Å². The van der Waals surface area contributed by atoms with Gasteiger partial charge in [-0.05, 0) is 13.8 Å². The van der Waals surface area contributed by atoms with Gasteiger partial charge in [0.2, 0.25) is 5.82 Å². The molecule has 0 saturated heterocycles. The Labute approximate surface area is 117 Å². The zero-order chi connectivity index (χ0) is 16.4. The highest BCUT2D eigenvalue weighted by Crippen LogP contribution is 2.59. The van der Waals surface area contributed by atoms with Gasteiger partial charge in [-0.15, -0.1) is 0 Å². The summed E-state index contributed by atoms with van der Waals surface area (Å²) in [6.07, 6.45) is 0. The average molecular weight is 333 g/mol. The minimum absolute atomic E-state index is 0.194. The predicted molar refractivity (Wildman–Crippen MR) is 64.0 cm³/mol. The Morgan fingerprint density at radius 2 is 1.24 bits per heavy atom. The van der Waals surface area contributed by atoms with Crippen LogP contribution in [0.5, 0.6) is 0 Å². The summed E-state index contributed by atoms with van der Waals surface area (Å²) in [5.74, 6) is -13.2. The van der Waals surface area contributed by atoms with E-state index >= 15 is 0 Å². The van der Waals surface area contributed by atoms with E-state index in [-0.39, 0.29) is 13.2 Å². The third-order valence-corrected chi connectivity index (χ3v) is 4.67. The van der Waals surface area contributed by atoms with E-state index < -0.39 is 48.0 Å². The highest BCUT2D eigenvalue weighted by Gasteiger charge is 2.40. The van der Waals surface area contributed by atoms with Crippen molar-refractivity contribution in [1.29, 1.82) is 0 Å². The third kappa shape index (κ3) is 3.26. The summed E-state index contributed by atoms with van der Waals surface area (Å²) < 4.78 is 88.3. The maximum atomic E-state index is 13.6. The number of benzene rings is 1. The number of hydrogen-bond acceptors (Lipinski definition) is 4. The minimum atomic E-state index is -4.30. The molecule has 0 amide bonds. The summed E-state index contributed by atoms with van der Waals surface area (Å²) in [6, 6.07) is 0. The van der Waals surface area contributed by atoms with Crippen LogP contribution in [0.4, 0.5) is 22.0 Å². The molecule has 0 aromatic heterocycles. The highest BCUT2D eigenvalue weighted by atomic mass is 31.2. The first-order valence-electron chi connectivity index (χ1n) is 5.86. The van der Waals surface area contributed by atoms with E-state index in [1.807, 2.05) is 0 Å². The van der Waals surface area contributed by atoms with E-state index in [2.05, 4.69) is 0 Å². The highest BCUT2D eigenvalue weighted by molar-refractivity contribution is 7.54. The Morgan fingerprint density at radius 3 is 1.57 bits per heavy atom. The Hall–Kier alpha value is -1.02. The maximum absolute atomic E-state index is 13.6. The Balaban J connectivity index is 3.49. The molecule has 0 unspecified atom stereocenters. The van der Waals surface area contributed by atoms with Gasteiger partial charge >= 0.3 is 7.60 Å². The van der Waals surface area contributed by atoms with Crippen molar-refractivity contribution in [2.24, 2.45) is 5.73 Å². The second-order valence-electron chi connectivity index (χ2n) is 3.80. The van der Waals surface area contributed by atoms with Gasteiger partial charge in [0.05, 0.1) is 18.8 Å². The summed E-state index contributed by atoms with van der Waals surface area (Å²) in [7, 11) is -4.30. The van der Waals surface area contributed by atoms with E-state index in [0.717, 1.165) is 0 Å². The van der Waals surface area contributed by atoms with Gasteiger partial charge in [0.15, 0.2) is 23.3 Å². The van der Waals surface area contributed by atoms with Crippen LogP contribution in [0.25, 0.3) is 0 Å². The molecule has 0 aliphatic carbocycles. The molecule has 1 aromatic carbocycles. The van der Waals surface area contributed by atoms with E-state index in [0.29, 0.717) is 0 Å². The van der Waals surface area contributed by atoms with Crippen LogP contribution >= 0.6 is 7.60 Å². The zero-order valence-electron chi connectivity index (χ0n) is 11.1. The lowest BCUT2D eigenvalue weighted by Crippen LogP contribution is -2.20. The van der Waals surface area contributed by atoms with E-state index in [1.54, 1.807) is 0 Å². The molecule has 4 nitrogen and oxygen atoms in total. The van der Waals surface area contributed by atoms with Crippen molar-refractivity contribution in [1.82, 2.24) is 0 Å². The summed E-state index contributed by atoms with van der Waals surface area (Å²) in [5.41, 5.74) is 3.95. The second-order valence-corrected chi connectivity index (χ2v) is 5.96. The van der Waals surface area contributed by atoms with Gasteiger partial charge in [-0.1, -0.05) is 0 Å². The average Bonchev–Trinajstić information content (AvgIpc) is 2.43. The number of hydrogen-bond donors (Lipinski definition) is 1. The summed E-state index contributed by atoms with van der Waals surface area (Å²) in [5, 5.41) is 0. The topological polar surface area (TPSA) is 61.5 Å². The molecular weight excluding hydrogens is 320 g/mol. The van der Waals surface area contributed by atoms with E-state index in [9.17, 15) is 26.5 Å². The number of nitrogens with two attached hydrogens (primary N) is 1. The number of rotatable bonds is 6. The van der Waals surface area contributed by atoms with Gasteiger partial charge in [-0.2, -0.15) is 0 Å².